The largest absolute Gasteiger partial charge is 0.493 e. The van der Waals surface area contributed by atoms with Crippen LogP contribution in [0.2, 0.25) is 0 Å². The maximum absolute atomic E-state index is 13.4. The predicted octanol–water partition coefficient (Wildman–Crippen LogP) is 4.68. The van der Waals surface area contributed by atoms with Crippen molar-refractivity contribution in [3.8, 4) is 17.2 Å². The van der Waals surface area contributed by atoms with Gasteiger partial charge in [-0.25, -0.2) is 4.85 Å². The molecule has 5 rings (SSSR count). The number of hydrogen-bond donors (Lipinski definition) is 2. The zero-order valence-corrected chi connectivity index (χ0v) is 19.2. The molecule has 1 aliphatic carbocycles. The first-order chi connectivity index (χ1) is 16.9. The van der Waals surface area contributed by atoms with E-state index < -0.39 is 5.97 Å². The van der Waals surface area contributed by atoms with Gasteiger partial charge in [-0.2, -0.15) is 4.98 Å². The average molecular weight is 473 g/mol. The van der Waals surface area contributed by atoms with E-state index in [-0.39, 0.29) is 23.7 Å². The molecule has 0 radical (unpaired) electrons. The molecule has 1 aliphatic heterocycles. The molecule has 2 atom stereocenters. The van der Waals surface area contributed by atoms with E-state index in [9.17, 15) is 9.59 Å². The third-order valence-electron chi connectivity index (χ3n) is 6.81. The normalized spacial score (nSPS) is 19.9. The zero-order valence-electron chi connectivity index (χ0n) is 19.2. The van der Waals surface area contributed by atoms with Crippen LogP contribution >= 0.6 is 0 Å². The fourth-order valence-corrected chi connectivity index (χ4v) is 4.91. The second-order valence-corrected chi connectivity index (χ2v) is 9.06. The highest BCUT2D eigenvalue weighted by Crippen LogP contribution is 2.61. The Kier molecular flexibility index (Phi) is 5.73. The van der Waals surface area contributed by atoms with Gasteiger partial charge in [0.2, 0.25) is 5.91 Å². The molecule has 178 valence electrons. The molecule has 1 spiro atoms. The molecule has 1 saturated carbocycles. The molecule has 1 amide bonds. The molecule has 1 fully saturated rings. The first-order valence-electron chi connectivity index (χ1n) is 11.5. The van der Waals surface area contributed by atoms with Crippen LogP contribution in [-0.2, 0) is 21.4 Å². The van der Waals surface area contributed by atoms with E-state index in [4.69, 9.17) is 20.9 Å². The summed E-state index contributed by atoms with van der Waals surface area (Å²) >= 11 is 0. The Balaban J connectivity index is 1.38. The summed E-state index contributed by atoms with van der Waals surface area (Å²) < 4.78 is 11.2. The number of fused-ring (bicyclic) bond motifs is 2. The third-order valence-corrected chi connectivity index (χ3v) is 6.81. The van der Waals surface area contributed by atoms with E-state index in [1.807, 2.05) is 18.2 Å². The number of nitrogens with one attached hydrogen (secondary N) is 1. The van der Waals surface area contributed by atoms with Crippen molar-refractivity contribution in [1.29, 1.82) is 0 Å². The van der Waals surface area contributed by atoms with E-state index in [1.165, 1.54) is 0 Å². The molecule has 35 heavy (non-hydrogen) atoms. The van der Waals surface area contributed by atoms with Crippen molar-refractivity contribution in [2.24, 2.45) is 5.92 Å². The molecule has 0 bridgehead atoms. The molecule has 9 nitrogen and oxygen atoms in total. The Morgan fingerprint density at radius 3 is 2.89 bits per heavy atom. The van der Waals surface area contributed by atoms with Gasteiger partial charge in [-0.15, -0.1) is 0 Å². The fourth-order valence-electron chi connectivity index (χ4n) is 4.91. The number of amides is 1. The summed E-state index contributed by atoms with van der Waals surface area (Å²) in [5.74, 6) is 0.520. The molecule has 0 saturated heterocycles. The molecule has 3 aromatic rings. The van der Waals surface area contributed by atoms with Gasteiger partial charge in [-0.1, -0.05) is 17.3 Å². The second-order valence-electron chi connectivity index (χ2n) is 9.06. The minimum Gasteiger partial charge on any atom is -0.493 e. The summed E-state index contributed by atoms with van der Waals surface area (Å²) in [5.41, 5.74) is 3.23. The summed E-state index contributed by atoms with van der Waals surface area (Å²) in [5, 5.41) is 15.8. The van der Waals surface area contributed by atoms with Crippen LogP contribution < -0.4 is 10.1 Å². The molecular formula is C26H24N4O5. The quantitative estimate of drug-likeness (QED) is 0.479. The van der Waals surface area contributed by atoms with Gasteiger partial charge in [-0.3, -0.25) is 9.59 Å². The summed E-state index contributed by atoms with van der Waals surface area (Å²) in [6.45, 7) is 9.61. The number of rotatable bonds is 7. The predicted molar refractivity (Wildman–Crippen MR) is 126 cm³/mol. The molecule has 2 aliphatic rings. The van der Waals surface area contributed by atoms with Gasteiger partial charge in [0, 0.05) is 34.6 Å². The van der Waals surface area contributed by atoms with Crippen molar-refractivity contribution in [2.45, 2.75) is 44.4 Å². The molecule has 2 N–H and O–H groups in total. The summed E-state index contributed by atoms with van der Waals surface area (Å²) in [6.07, 6.45) is 2.41. The molecule has 9 heteroatoms. The van der Waals surface area contributed by atoms with E-state index in [1.54, 1.807) is 25.1 Å². The van der Waals surface area contributed by atoms with Crippen LogP contribution in [0.5, 0.6) is 5.75 Å². The lowest BCUT2D eigenvalue weighted by molar-refractivity contribution is -0.137. The Labute approximate surface area is 201 Å². The maximum atomic E-state index is 13.4. The first kappa shape index (κ1) is 22.6. The van der Waals surface area contributed by atoms with Crippen LogP contribution in [-0.4, -0.2) is 33.7 Å². The Hall–Kier alpha value is -4.19. The topological polar surface area (TPSA) is 119 Å². The number of carboxylic acids is 1. The van der Waals surface area contributed by atoms with Crippen molar-refractivity contribution < 1.29 is 24.0 Å². The lowest BCUT2D eigenvalue weighted by atomic mass is 9.86. The van der Waals surface area contributed by atoms with Crippen molar-refractivity contribution >= 4 is 23.3 Å². The van der Waals surface area contributed by atoms with Crippen LogP contribution in [0.25, 0.3) is 16.3 Å². The second kappa shape index (κ2) is 8.87. The average Bonchev–Trinajstić information content (AvgIpc) is 3.40. The van der Waals surface area contributed by atoms with Gasteiger partial charge in [0.1, 0.15) is 5.75 Å². The highest BCUT2D eigenvalue weighted by molar-refractivity contribution is 5.97. The lowest BCUT2D eigenvalue weighted by Gasteiger charge is -2.27. The number of carbonyl (C=O) groups is 2. The summed E-state index contributed by atoms with van der Waals surface area (Å²) in [6, 6.07) is 10.9. The van der Waals surface area contributed by atoms with E-state index in [0.717, 1.165) is 28.9 Å². The smallest absolute Gasteiger partial charge is 0.303 e. The maximum Gasteiger partial charge on any atom is 0.303 e. The monoisotopic (exact) mass is 472 g/mol. The summed E-state index contributed by atoms with van der Waals surface area (Å²) in [7, 11) is 0. The van der Waals surface area contributed by atoms with Gasteiger partial charge in [0.15, 0.2) is 11.5 Å². The van der Waals surface area contributed by atoms with E-state index >= 15 is 0 Å². The summed E-state index contributed by atoms with van der Waals surface area (Å²) in [4.78, 5) is 32.1. The number of carbonyl (C=O) groups excluding carboxylic acids is 1. The van der Waals surface area contributed by atoms with Crippen LogP contribution in [0.3, 0.4) is 0 Å². The number of nitrogens with zero attached hydrogens (tertiary/aromatic N) is 3. The number of ether oxygens (including phenoxy) is 1. The van der Waals surface area contributed by atoms with Crippen molar-refractivity contribution in [1.82, 2.24) is 10.1 Å². The molecular weight excluding hydrogens is 448 g/mol. The molecule has 2 heterocycles. The van der Waals surface area contributed by atoms with Crippen LogP contribution in [0.4, 0.5) is 11.4 Å². The Bertz CT molecular complexity index is 1360. The SMILES string of the molecule is [C-]#[N+]c1ccc(CCCC(=O)O)c(NC(=O)[C@@H]2C[C@]23CCOc2ccc(-c4nc(C)no4)cc23)c1. The first-order valence-corrected chi connectivity index (χ1v) is 11.5. The molecule has 0 unspecified atom stereocenters. The van der Waals surface area contributed by atoms with E-state index in [0.29, 0.717) is 49.0 Å². The van der Waals surface area contributed by atoms with Gasteiger partial charge < -0.3 is 19.7 Å². The van der Waals surface area contributed by atoms with Crippen LogP contribution in [0, 0.1) is 19.4 Å². The van der Waals surface area contributed by atoms with Crippen molar-refractivity contribution in [3.63, 3.8) is 0 Å². The minimum atomic E-state index is -0.860. The molecule has 1 aromatic heterocycles. The number of benzene rings is 2. The fraction of sp³-hybridized carbons (Fsp3) is 0.346. The van der Waals surface area contributed by atoms with Crippen LogP contribution in [0.15, 0.2) is 40.9 Å². The van der Waals surface area contributed by atoms with Crippen molar-refractivity contribution in [2.75, 3.05) is 11.9 Å². The number of aliphatic carboxylic acids is 1. The number of aromatic nitrogens is 2. The number of anilines is 1. The van der Waals surface area contributed by atoms with Crippen LogP contribution in [0.1, 0.15) is 42.6 Å². The Morgan fingerprint density at radius 2 is 2.14 bits per heavy atom. The third kappa shape index (κ3) is 4.35. The van der Waals surface area contributed by atoms with Crippen molar-refractivity contribution in [3.05, 3.63) is 64.8 Å². The minimum absolute atomic E-state index is 0.0440. The van der Waals surface area contributed by atoms with Gasteiger partial charge in [0.05, 0.1) is 13.2 Å². The standard InChI is InChI=1S/C26H24N4O5/c1-15-28-25(35-30-15)17-7-9-22-19(12-17)26(10-11-34-22)14-20(26)24(33)29-21-13-18(27-2)8-6-16(21)4-3-5-23(31)32/h6-9,12-13,20H,3-5,10-11,14H2,1H3,(H,29,33)(H,31,32)/t20-,26-/m0/s1. The highest BCUT2D eigenvalue weighted by atomic mass is 16.5. The Morgan fingerprint density at radius 1 is 1.29 bits per heavy atom. The van der Waals surface area contributed by atoms with Gasteiger partial charge in [0.25, 0.3) is 5.89 Å². The number of aryl methyl sites for hydroxylation is 2. The highest BCUT2D eigenvalue weighted by Gasteiger charge is 2.61. The van der Waals surface area contributed by atoms with Gasteiger partial charge in [-0.05, 0) is 62.4 Å². The van der Waals surface area contributed by atoms with E-state index in [2.05, 4.69) is 20.3 Å². The van der Waals surface area contributed by atoms with Gasteiger partial charge >= 0.3 is 5.97 Å². The lowest BCUT2D eigenvalue weighted by Crippen LogP contribution is -2.27. The number of hydrogen-bond acceptors (Lipinski definition) is 6. The zero-order chi connectivity index (χ0) is 24.6. The number of carboxylic acid groups (broad SMARTS) is 1. The molecule has 2 aromatic carbocycles.